The van der Waals surface area contributed by atoms with Crippen LogP contribution >= 0.6 is 0 Å². The van der Waals surface area contributed by atoms with Gasteiger partial charge >= 0.3 is 12.1 Å². The van der Waals surface area contributed by atoms with Crippen molar-refractivity contribution in [3.05, 3.63) is 59.7 Å². The van der Waals surface area contributed by atoms with Gasteiger partial charge in [-0.25, -0.2) is 4.79 Å². The fraction of sp³-hybridized carbons (Fsp3) is 0.360. The van der Waals surface area contributed by atoms with Crippen molar-refractivity contribution in [3.63, 3.8) is 0 Å². The van der Waals surface area contributed by atoms with E-state index in [1.165, 1.54) is 0 Å². The van der Waals surface area contributed by atoms with Crippen LogP contribution in [0.25, 0.3) is 11.1 Å². The molecule has 0 saturated carbocycles. The zero-order valence-corrected chi connectivity index (χ0v) is 19.0. The number of carbonyl (C=O) groups is 4. The molecule has 0 radical (unpaired) electrons. The van der Waals surface area contributed by atoms with E-state index in [9.17, 15) is 19.2 Å². The van der Waals surface area contributed by atoms with Crippen LogP contribution in [0.3, 0.4) is 0 Å². The van der Waals surface area contributed by atoms with E-state index in [4.69, 9.17) is 9.84 Å². The Labute approximate surface area is 197 Å². The quantitative estimate of drug-likeness (QED) is 0.401. The van der Waals surface area contributed by atoms with Crippen molar-refractivity contribution in [2.45, 2.75) is 38.1 Å². The van der Waals surface area contributed by atoms with Crippen molar-refractivity contribution >= 4 is 23.9 Å². The molecule has 0 aromatic heterocycles. The number of ether oxygens (including phenoxy) is 1. The average Bonchev–Trinajstić information content (AvgIpc) is 3.13. The monoisotopic (exact) mass is 467 g/mol. The second kappa shape index (κ2) is 11.8. The van der Waals surface area contributed by atoms with Crippen LogP contribution in [0.15, 0.2) is 48.5 Å². The maximum atomic E-state index is 12.1. The Morgan fingerprint density at radius 2 is 1.50 bits per heavy atom. The fourth-order valence-electron chi connectivity index (χ4n) is 4.11. The number of amides is 3. The summed E-state index contributed by atoms with van der Waals surface area (Å²) in [5.74, 6) is -2.14. The SMILES string of the molecule is CCC[C@H](CC(=O)O)NC(=O)CNC(=O)CNC(=O)OCC1c2ccccc2-c2ccccc21. The number of fused-ring (bicyclic) bond motifs is 3. The molecule has 1 aliphatic rings. The number of rotatable bonds is 11. The minimum atomic E-state index is -1.00. The van der Waals surface area contributed by atoms with Crippen LogP contribution in [0.5, 0.6) is 0 Å². The zero-order valence-electron chi connectivity index (χ0n) is 19.0. The highest BCUT2D eigenvalue weighted by Crippen LogP contribution is 2.44. The molecule has 3 rings (SSSR count). The molecule has 34 heavy (non-hydrogen) atoms. The summed E-state index contributed by atoms with van der Waals surface area (Å²) in [7, 11) is 0. The van der Waals surface area contributed by atoms with E-state index in [-0.39, 0.29) is 32.0 Å². The van der Waals surface area contributed by atoms with Crippen LogP contribution in [0.2, 0.25) is 0 Å². The molecule has 4 N–H and O–H groups in total. The lowest BCUT2D eigenvalue weighted by Crippen LogP contribution is -2.45. The van der Waals surface area contributed by atoms with Gasteiger partial charge in [-0.15, -0.1) is 0 Å². The van der Waals surface area contributed by atoms with Gasteiger partial charge in [-0.3, -0.25) is 14.4 Å². The Hall–Kier alpha value is -3.88. The third-order valence-corrected chi connectivity index (χ3v) is 5.61. The smallest absolute Gasteiger partial charge is 0.407 e. The van der Waals surface area contributed by atoms with Gasteiger partial charge in [-0.1, -0.05) is 61.9 Å². The standard InChI is InChI=1S/C25H29N3O6/c1-2-7-16(12-24(31)32)28-23(30)14-26-22(29)13-27-25(33)34-15-21-19-10-5-3-8-17(19)18-9-4-6-11-20(18)21/h3-6,8-11,16,21H,2,7,12-15H2,1H3,(H,26,29)(H,27,33)(H,28,30)(H,31,32)/t16-/m1/s1. The number of hydrogen-bond acceptors (Lipinski definition) is 5. The summed E-state index contributed by atoms with van der Waals surface area (Å²) in [6, 6.07) is 15.5. The number of alkyl carbamates (subject to hydrolysis) is 1. The average molecular weight is 468 g/mol. The van der Waals surface area contributed by atoms with Gasteiger partial charge in [-0.05, 0) is 28.7 Å². The van der Waals surface area contributed by atoms with Gasteiger partial charge in [0.25, 0.3) is 0 Å². The third-order valence-electron chi connectivity index (χ3n) is 5.61. The molecule has 9 heteroatoms. The number of aliphatic carboxylic acids is 1. The topological polar surface area (TPSA) is 134 Å². The molecule has 0 fully saturated rings. The molecule has 0 spiro atoms. The molecule has 0 saturated heterocycles. The molecule has 0 unspecified atom stereocenters. The van der Waals surface area contributed by atoms with Gasteiger partial charge in [0, 0.05) is 12.0 Å². The van der Waals surface area contributed by atoms with Gasteiger partial charge in [0.15, 0.2) is 0 Å². The normalized spacial score (nSPS) is 12.7. The molecule has 2 aromatic rings. The van der Waals surface area contributed by atoms with Gasteiger partial charge in [0.2, 0.25) is 11.8 Å². The van der Waals surface area contributed by atoms with Gasteiger partial charge in [-0.2, -0.15) is 0 Å². The van der Waals surface area contributed by atoms with Crippen molar-refractivity contribution in [1.82, 2.24) is 16.0 Å². The number of benzene rings is 2. The van der Waals surface area contributed by atoms with Crippen LogP contribution in [0, 0.1) is 0 Å². The maximum absolute atomic E-state index is 12.1. The first-order chi connectivity index (χ1) is 16.4. The van der Waals surface area contributed by atoms with Crippen molar-refractivity contribution in [2.24, 2.45) is 0 Å². The van der Waals surface area contributed by atoms with Crippen LogP contribution in [0.4, 0.5) is 4.79 Å². The predicted octanol–water partition coefficient (Wildman–Crippen LogP) is 2.40. The highest BCUT2D eigenvalue weighted by Gasteiger charge is 2.29. The molecule has 1 aliphatic carbocycles. The van der Waals surface area contributed by atoms with E-state index in [2.05, 4.69) is 16.0 Å². The molecule has 9 nitrogen and oxygen atoms in total. The number of hydrogen-bond donors (Lipinski definition) is 4. The highest BCUT2D eigenvalue weighted by molar-refractivity contribution is 5.87. The number of carboxylic acid groups (broad SMARTS) is 1. The summed E-state index contributed by atoms with van der Waals surface area (Å²) in [6.45, 7) is 1.35. The maximum Gasteiger partial charge on any atom is 0.407 e. The molecule has 0 aliphatic heterocycles. The second-order valence-electron chi connectivity index (χ2n) is 8.11. The van der Waals surface area contributed by atoms with E-state index in [1.54, 1.807) is 0 Å². The minimum absolute atomic E-state index is 0.0856. The largest absolute Gasteiger partial charge is 0.481 e. The number of carboxylic acids is 1. The Balaban J connectivity index is 1.41. The van der Waals surface area contributed by atoms with E-state index in [0.29, 0.717) is 12.8 Å². The first kappa shape index (κ1) is 24.8. The van der Waals surface area contributed by atoms with Crippen LogP contribution in [0.1, 0.15) is 43.2 Å². The van der Waals surface area contributed by atoms with E-state index in [0.717, 1.165) is 22.3 Å². The van der Waals surface area contributed by atoms with Crippen LogP contribution in [-0.4, -0.2) is 54.7 Å². The Morgan fingerprint density at radius 1 is 0.912 bits per heavy atom. The summed E-state index contributed by atoms with van der Waals surface area (Å²) in [4.78, 5) is 47.0. The predicted molar refractivity (Wildman–Crippen MR) is 125 cm³/mol. The van der Waals surface area contributed by atoms with E-state index >= 15 is 0 Å². The van der Waals surface area contributed by atoms with Crippen molar-refractivity contribution < 1.29 is 29.0 Å². The number of carbonyl (C=O) groups excluding carboxylic acids is 3. The van der Waals surface area contributed by atoms with Gasteiger partial charge in [0.1, 0.15) is 13.2 Å². The Bertz CT molecular complexity index is 1010. The summed E-state index contributed by atoms with van der Waals surface area (Å²) < 4.78 is 5.37. The molecule has 180 valence electrons. The first-order valence-electron chi connectivity index (χ1n) is 11.3. The second-order valence-corrected chi connectivity index (χ2v) is 8.11. The summed E-state index contributed by atoms with van der Waals surface area (Å²) in [6.07, 6.45) is 0.326. The van der Waals surface area contributed by atoms with Crippen molar-refractivity contribution in [3.8, 4) is 11.1 Å². The molecule has 1 atom stereocenters. The van der Waals surface area contributed by atoms with Crippen molar-refractivity contribution in [2.75, 3.05) is 19.7 Å². The lowest BCUT2D eigenvalue weighted by atomic mass is 9.98. The lowest BCUT2D eigenvalue weighted by Gasteiger charge is -2.16. The van der Waals surface area contributed by atoms with Crippen LogP contribution < -0.4 is 16.0 Å². The molecule has 0 heterocycles. The lowest BCUT2D eigenvalue weighted by molar-refractivity contribution is -0.138. The first-order valence-corrected chi connectivity index (χ1v) is 11.3. The molecular formula is C25H29N3O6. The fourth-order valence-corrected chi connectivity index (χ4v) is 4.11. The Morgan fingerprint density at radius 3 is 2.09 bits per heavy atom. The van der Waals surface area contributed by atoms with E-state index < -0.39 is 29.9 Å². The number of nitrogens with one attached hydrogen (secondary N) is 3. The highest BCUT2D eigenvalue weighted by atomic mass is 16.5. The summed E-state index contributed by atoms with van der Waals surface area (Å²) in [5, 5.41) is 16.3. The molecular weight excluding hydrogens is 438 g/mol. The van der Waals surface area contributed by atoms with Gasteiger partial charge < -0.3 is 25.8 Å². The minimum Gasteiger partial charge on any atom is -0.481 e. The summed E-state index contributed by atoms with van der Waals surface area (Å²) in [5.41, 5.74) is 4.41. The van der Waals surface area contributed by atoms with Gasteiger partial charge in [0.05, 0.1) is 13.0 Å². The van der Waals surface area contributed by atoms with Crippen LogP contribution in [-0.2, 0) is 19.1 Å². The Kier molecular flexibility index (Phi) is 8.61. The van der Waals surface area contributed by atoms with Crippen molar-refractivity contribution in [1.29, 1.82) is 0 Å². The third kappa shape index (κ3) is 6.57. The zero-order chi connectivity index (χ0) is 24.5. The molecule has 3 amide bonds. The molecule has 2 aromatic carbocycles. The molecule has 0 bridgehead atoms. The summed E-state index contributed by atoms with van der Waals surface area (Å²) >= 11 is 0. The van der Waals surface area contributed by atoms with E-state index in [1.807, 2.05) is 55.5 Å².